The standard InChI is InChI=1S/C21H29/c1-3-5-7-9-11-13-15-17-19-21-20-18-16-14-12-10-8-6-4-2/h1,3,5,7,9,11,13,15-21H,4,6,8,10,12,14H2,2H3/b3-1?,7-5+,11-9+,15-13+,18-16+,19-17+,21-20+. The minimum atomic E-state index is 1.19. The van der Waals surface area contributed by atoms with Gasteiger partial charge in [0.1, 0.15) is 0 Å². The molecule has 0 spiro atoms. The van der Waals surface area contributed by atoms with Crippen molar-refractivity contribution in [2.24, 2.45) is 0 Å². The fourth-order valence-electron chi connectivity index (χ4n) is 1.68. The van der Waals surface area contributed by atoms with Gasteiger partial charge < -0.3 is 0 Å². The first kappa shape index (κ1) is 19.2. The van der Waals surface area contributed by atoms with Crippen molar-refractivity contribution in [2.75, 3.05) is 0 Å². The maximum Gasteiger partial charge on any atom is -0.0348 e. The third kappa shape index (κ3) is 18.2. The fourth-order valence-corrected chi connectivity index (χ4v) is 1.68. The molecule has 0 aromatic rings. The summed E-state index contributed by atoms with van der Waals surface area (Å²) < 4.78 is 0. The summed E-state index contributed by atoms with van der Waals surface area (Å²) in [5.74, 6) is 0. The molecular weight excluding hydrogens is 252 g/mol. The molecule has 0 aromatic heterocycles. The fraction of sp³-hybridized carbons (Fsp3) is 0.333. The van der Waals surface area contributed by atoms with Gasteiger partial charge in [-0.15, -0.1) is 0 Å². The second-order valence-electron chi connectivity index (χ2n) is 4.75. The number of unbranched alkanes of at least 4 members (excludes halogenated alkanes) is 5. The third-order valence-corrected chi connectivity index (χ3v) is 2.83. The van der Waals surface area contributed by atoms with Crippen LogP contribution in [0.1, 0.15) is 45.4 Å². The molecule has 0 aliphatic rings. The smallest absolute Gasteiger partial charge is 0.0348 e. The zero-order chi connectivity index (χ0) is 15.4. The minimum absolute atomic E-state index is 1.19. The van der Waals surface area contributed by atoms with Gasteiger partial charge in [-0.1, -0.05) is 118 Å². The maximum absolute atomic E-state index is 5.21. The molecule has 0 unspecified atom stereocenters. The molecule has 0 fully saturated rings. The molecule has 113 valence electrons. The summed E-state index contributed by atoms with van der Waals surface area (Å²) in [5.41, 5.74) is 0. The summed E-state index contributed by atoms with van der Waals surface area (Å²) in [6.45, 7) is 7.46. The molecule has 0 heteroatoms. The summed E-state index contributed by atoms with van der Waals surface area (Å²) in [4.78, 5) is 0. The van der Waals surface area contributed by atoms with Gasteiger partial charge in [-0.3, -0.25) is 0 Å². The largest absolute Gasteiger partial charge is 0.0845 e. The van der Waals surface area contributed by atoms with Gasteiger partial charge in [0.25, 0.3) is 0 Å². The highest BCUT2D eigenvalue weighted by Crippen LogP contribution is 2.05. The molecule has 0 saturated carbocycles. The Morgan fingerprint density at radius 2 is 1.05 bits per heavy atom. The van der Waals surface area contributed by atoms with Crippen molar-refractivity contribution < 1.29 is 0 Å². The Balaban J connectivity index is 3.59. The first-order valence-electron chi connectivity index (χ1n) is 7.95. The van der Waals surface area contributed by atoms with Crippen molar-refractivity contribution in [1.29, 1.82) is 0 Å². The van der Waals surface area contributed by atoms with Gasteiger partial charge in [-0.25, -0.2) is 0 Å². The Labute approximate surface area is 131 Å². The molecule has 0 bridgehead atoms. The number of hydrogen-bond acceptors (Lipinski definition) is 0. The van der Waals surface area contributed by atoms with Crippen LogP contribution in [-0.2, 0) is 0 Å². The average molecular weight is 281 g/mol. The Morgan fingerprint density at radius 1 is 0.571 bits per heavy atom. The Hall–Kier alpha value is -1.82. The van der Waals surface area contributed by atoms with Crippen LogP contribution in [0.15, 0.2) is 79.0 Å². The predicted octanol–water partition coefficient (Wildman–Crippen LogP) is 6.67. The molecule has 0 aromatic carbocycles. The van der Waals surface area contributed by atoms with Crippen LogP contribution >= 0.6 is 0 Å². The van der Waals surface area contributed by atoms with E-state index in [9.17, 15) is 0 Å². The molecule has 0 nitrogen and oxygen atoms in total. The van der Waals surface area contributed by atoms with E-state index < -0.39 is 0 Å². The molecule has 0 atom stereocenters. The van der Waals surface area contributed by atoms with E-state index >= 15 is 0 Å². The van der Waals surface area contributed by atoms with Crippen LogP contribution in [0.2, 0.25) is 0 Å². The number of allylic oxidation sites excluding steroid dienone is 13. The summed E-state index contributed by atoms with van der Waals surface area (Å²) >= 11 is 0. The van der Waals surface area contributed by atoms with E-state index in [1.807, 2.05) is 48.6 Å². The topological polar surface area (TPSA) is 0 Å². The van der Waals surface area contributed by atoms with Gasteiger partial charge in [0.2, 0.25) is 0 Å². The summed E-state index contributed by atoms with van der Waals surface area (Å²) in [5, 5.41) is 0. The van der Waals surface area contributed by atoms with E-state index in [4.69, 9.17) is 6.58 Å². The Bertz CT molecular complexity index is 386. The van der Waals surface area contributed by atoms with Gasteiger partial charge >= 0.3 is 0 Å². The van der Waals surface area contributed by atoms with E-state index in [0.29, 0.717) is 0 Å². The van der Waals surface area contributed by atoms with Gasteiger partial charge in [-0.05, 0) is 12.8 Å². The van der Waals surface area contributed by atoms with Crippen molar-refractivity contribution in [3.8, 4) is 0 Å². The van der Waals surface area contributed by atoms with Crippen molar-refractivity contribution in [3.05, 3.63) is 85.6 Å². The van der Waals surface area contributed by atoms with E-state index in [1.54, 1.807) is 6.08 Å². The van der Waals surface area contributed by atoms with Gasteiger partial charge in [0, 0.05) is 0 Å². The molecular formula is C21H29. The molecule has 0 saturated heterocycles. The van der Waals surface area contributed by atoms with Crippen molar-refractivity contribution in [1.82, 2.24) is 0 Å². The first-order chi connectivity index (χ1) is 10.4. The predicted molar refractivity (Wildman–Crippen MR) is 97.1 cm³/mol. The summed E-state index contributed by atoms with van der Waals surface area (Å²) in [7, 11) is 0. The van der Waals surface area contributed by atoms with Crippen molar-refractivity contribution in [2.45, 2.75) is 45.4 Å². The van der Waals surface area contributed by atoms with Gasteiger partial charge in [-0.2, -0.15) is 0 Å². The molecule has 0 amide bonds. The average Bonchev–Trinajstić information content (AvgIpc) is 2.50. The van der Waals surface area contributed by atoms with Crippen molar-refractivity contribution in [3.63, 3.8) is 0 Å². The number of hydrogen-bond donors (Lipinski definition) is 0. The molecule has 1 radical (unpaired) electrons. The van der Waals surface area contributed by atoms with E-state index in [2.05, 4.69) is 25.2 Å². The molecule has 0 N–H and O–H groups in total. The highest BCUT2D eigenvalue weighted by atomic mass is 13.9. The van der Waals surface area contributed by atoms with Crippen LogP contribution < -0.4 is 0 Å². The Kier molecular flexibility index (Phi) is 16.6. The summed E-state index contributed by atoms with van der Waals surface area (Å²) in [6, 6.07) is 0. The van der Waals surface area contributed by atoms with Crippen molar-refractivity contribution >= 4 is 0 Å². The van der Waals surface area contributed by atoms with Gasteiger partial charge in [0.05, 0.1) is 0 Å². The molecule has 21 heavy (non-hydrogen) atoms. The van der Waals surface area contributed by atoms with E-state index in [1.165, 1.54) is 44.6 Å². The lowest BCUT2D eigenvalue weighted by Gasteiger charge is -1.95. The second kappa shape index (κ2) is 18.2. The van der Waals surface area contributed by atoms with Crippen LogP contribution in [-0.4, -0.2) is 0 Å². The molecule has 0 aliphatic carbocycles. The Morgan fingerprint density at radius 3 is 1.57 bits per heavy atom. The molecule has 0 heterocycles. The first-order valence-corrected chi connectivity index (χ1v) is 7.95. The highest BCUT2D eigenvalue weighted by molar-refractivity contribution is 5.20. The minimum Gasteiger partial charge on any atom is -0.0845 e. The molecule has 0 aliphatic heterocycles. The lowest BCUT2D eigenvalue weighted by Crippen LogP contribution is -1.75. The summed E-state index contributed by atoms with van der Waals surface area (Å²) in [6.07, 6.45) is 33.5. The van der Waals surface area contributed by atoms with Crippen LogP contribution in [0.3, 0.4) is 0 Å². The van der Waals surface area contributed by atoms with E-state index in [0.717, 1.165) is 0 Å². The van der Waals surface area contributed by atoms with Crippen LogP contribution in [0.25, 0.3) is 0 Å². The lowest BCUT2D eigenvalue weighted by molar-refractivity contribution is 0.637. The van der Waals surface area contributed by atoms with Crippen LogP contribution in [0.5, 0.6) is 0 Å². The maximum atomic E-state index is 5.21. The molecule has 0 rings (SSSR count). The quantitative estimate of drug-likeness (QED) is 0.277. The highest BCUT2D eigenvalue weighted by Gasteiger charge is 1.85. The lowest BCUT2D eigenvalue weighted by atomic mass is 10.1. The van der Waals surface area contributed by atoms with Crippen LogP contribution in [0.4, 0.5) is 0 Å². The zero-order valence-corrected chi connectivity index (χ0v) is 13.3. The number of rotatable bonds is 12. The monoisotopic (exact) mass is 281 g/mol. The third-order valence-electron chi connectivity index (χ3n) is 2.83. The zero-order valence-electron chi connectivity index (χ0n) is 13.3. The normalized spacial score (nSPS) is 13.2. The van der Waals surface area contributed by atoms with E-state index in [-0.39, 0.29) is 0 Å². The van der Waals surface area contributed by atoms with Gasteiger partial charge in [0.15, 0.2) is 0 Å². The SMILES string of the molecule is [CH]=C/C=C/C=C/C=C/C=C/C=C/C=C/CCCCCCC. The second-order valence-corrected chi connectivity index (χ2v) is 4.75. The van der Waals surface area contributed by atoms with Crippen LogP contribution in [0, 0.1) is 6.58 Å².